The normalized spacial score (nSPS) is 45.0. The molecule has 19 atom stereocenters. The molecule has 0 aromatic heterocycles. The van der Waals surface area contributed by atoms with Crippen LogP contribution in [0, 0.1) is 23.2 Å². The van der Waals surface area contributed by atoms with Gasteiger partial charge >= 0.3 is 5.97 Å². The molecule has 398 valence electrons. The van der Waals surface area contributed by atoms with Crippen LogP contribution < -0.4 is 0 Å². The van der Waals surface area contributed by atoms with E-state index in [-0.39, 0.29) is 55.3 Å². The summed E-state index contributed by atoms with van der Waals surface area (Å²) in [6.07, 6.45) is 2.89. The summed E-state index contributed by atoms with van der Waals surface area (Å²) in [5.41, 5.74) is 4.99. The number of aliphatic hydroxyl groups excluding tert-OH is 10. The van der Waals surface area contributed by atoms with E-state index in [9.17, 15) is 55.9 Å². The van der Waals surface area contributed by atoms with E-state index in [1.54, 1.807) is 25.2 Å². The monoisotopic (exact) mass is 996 g/mol. The lowest BCUT2D eigenvalue weighted by Crippen LogP contribution is -2.51. The summed E-state index contributed by atoms with van der Waals surface area (Å²) in [5, 5.41) is 111. The van der Waals surface area contributed by atoms with Crippen molar-refractivity contribution in [2.75, 3.05) is 6.54 Å². The lowest BCUT2D eigenvalue weighted by molar-refractivity contribution is -0.190. The molecule has 0 saturated carbocycles. The van der Waals surface area contributed by atoms with Gasteiger partial charge in [-0.3, -0.25) is 9.79 Å². The molecule has 0 amide bonds. The quantitative estimate of drug-likeness (QED) is 0.117. The number of hydrogen-bond acceptors (Lipinski definition) is 15. The first-order chi connectivity index (χ1) is 33.6. The maximum Gasteiger partial charge on any atom is 0.309 e. The Morgan fingerprint density at radius 2 is 1.48 bits per heavy atom. The van der Waals surface area contributed by atoms with E-state index in [1.807, 2.05) is 19.9 Å². The minimum Gasteiger partial charge on any atom is -0.458 e. The van der Waals surface area contributed by atoms with Gasteiger partial charge in [-0.1, -0.05) is 85.3 Å². The Balaban J connectivity index is 1.37. The van der Waals surface area contributed by atoms with E-state index in [4.69, 9.17) is 19.2 Å². The van der Waals surface area contributed by atoms with E-state index in [0.717, 1.165) is 48.1 Å². The van der Waals surface area contributed by atoms with Crippen molar-refractivity contribution in [2.45, 2.75) is 222 Å². The molecule has 15 heteroatoms. The Kier molecular flexibility index (Phi) is 20.8. The zero-order valence-electron chi connectivity index (χ0n) is 42.6. The number of allylic oxidation sites excluding steroid dienone is 7. The topological polar surface area (TPSA) is 259 Å². The maximum atomic E-state index is 13.9. The average Bonchev–Trinajstić information content (AvgIpc) is 3.59. The molecule has 6 aliphatic rings. The average molecular weight is 996 g/mol. The minimum absolute atomic E-state index is 0.0275. The molecule has 7 bridgehead atoms. The lowest BCUT2D eigenvalue weighted by Gasteiger charge is -2.50. The van der Waals surface area contributed by atoms with Crippen LogP contribution in [0.2, 0.25) is 0 Å². The first-order valence-electron chi connectivity index (χ1n) is 26.2. The zero-order chi connectivity index (χ0) is 51.7. The number of fused-ring (bicyclic) bond motifs is 8. The maximum absolute atomic E-state index is 13.9. The summed E-state index contributed by atoms with van der Waals surface area (Å²) in [4.78, 5) is 19.0. The van der Waals surface area contributed by atoms with Crippen LogP contribution in [0.1, 0.15) is 131 Å². The van der Waals surface area contributed by atoms with Gasteiger partial charge in [0, 0.05) is 36.4 Å². The second-order valence-electron chi connectivity index (χ2n) is 22.0. The van der Waals surface area contributed by atoms with Crippen molar-refractivity contribution in [3.63, 3.8) is 0 Å². The van der Waals surface area contributed by atoms with Crippen LogP contribution in [-0.2, 0) is 19.0 Å². The van der Waals surface area contributed by atoms with Crippen LogP contribution in [0.25, 0.3) is 0 Å². The van der Waals surface area contributed by atoms with Gasteiger partial charge < -0.3 is 65.3 Å². The van der Waals surface area contributed by atoms with Crippen molar-refractivity contribution in [3.8, 4) is 0 Å². The fraction of sp³-hybridized carbons (Fsp3) is 0.714. The molecule has 0 aromatic rings. The van der Waals surface area contributed by atoms with E-state index in [0.29, 0.717) is 49.8 Å². The number of carbonyl (C=O) groups excluding carboxylic acids is 1. The number of aliphatic hydroxyl groups is 10. The number of carbonyl (C=O) groups is 1. The predicted octanol–water partition coefficient (Wildman–Crippen LogP) is 4.70. The van der Waals surface area contributed by atoms with Crippen LogP contribution in [0.5, 0.6) is 0 Å². The SMILES string of the molecule is C=C1CC/C=C/[C@@H](O)[C@H](O)C[C@H](O)CC2=C[C@@H]3C(C)=CC[C@@H](C)C[C@@H](/C=C(\C)[C@@H](O)[C@@H]4C[C@@H](O)[C@H](O)[C@@H](CC[C@H](O)/C=C/C(C)=C/CCC5=NCC[C@H](C2)[C@@]53C)O4)OC(=O)C[C@@H]2O[C@H]([C@@H](O)[C@H]2O)[C@@H](O)C1. The molecule has 10 N–H and O–H groups in total. The van der Waals surface area contributed by atoms with Crippen molar-refractivity contribution in [2.24, 2.45) is 28.2 Å². The molecule has 5 heterocycles. The van der Waals surface area contributed by atoms with Gasteiger partial charge in [-0.15, -0.1) is 0 Å². The molecule has 1 aliphatic carbocycles. The third-order valence-electron chi connectivity index (χ3n) is 16.1. The molecule has 6 rings (SSSR count). The lowest BCUT2D eigenvalue weighted by atomic mass is 9.55. The van der Waals surface area contributed by atoms with Gasteiger partial charge in [-0.25, -0.2) is 0 Å². The first kappa shape index (κ1) is 57.1. The van der Waals surface area contributed by atoms with Gasteiger partial charge in [-0.05, 0) is 121 Å². The highest BCUT2D eigenvalue weighted by Crippen LogP contribution is 2.53. The van der Waals surface area contributed by atoms with Crippen molar-refractivity contribution >= 4 is 11.7 Å². The van der Waals surface area contributed by atoms with Gasteiger partial charge in [0.15, 0.2) is 0 Å². The van der Waals surface area contributed by atoms with Crippen molar-refractivity contribution in [1.82, 2.24) is 0 Å². The largest absolute Gasteiger partial charge is 0.458 e. The fourth-order valence-electron chi connectivity index (χ4n) is 11.8. The highest BCUT2D eigenvalue weighted by atomic mass is 16.6. The molecule has 0 radical (unpaired) electrons. The van der Waals surface area contributed by atoms with Gasteiger partial charge in [0.25, 0.3) is 0 Å². The fourth-order valence-corrected chi connectivity index (χ4v) is 11.8. The summed E-state index contributed by atoms with van der Waals surface area (Å²) in [5.74, 6) is -0.671. The van der Waals surface area contributed by atoms with Crippen molar-refractivity contribution < 1.29 is 70.1 Å². The van der Waals surface area contributed by atoms with Crippen LogP contribution in [0.4, 0.5) is 0 Å². The second-order valence-corrected chi connectivity index (χ2v) is 22.0. The van der Waals surface area contributed by atoms with E-state index < -0.39 is 104 Å². The summed E-state index contributed by atoms with van der Waals surface area (Å²) in [7, 11) is 0. The third-order valence-corrected chi connectivity index (χ3v) is 16.1. The van der Waals surface area contributed by atoms with Gasteiger partial charge in [0.1, 0.15) is 36.6 Å². The number of ether oxygens (including phenoxy) is 3. The highest BCUT2D eigenvalue weighted by Gasteiger charge is 2.50. The minimum atomic E-state index is -1.51. The Morgan fingerprint density at radius 1 is 0.718 bits per heavy atom. The van der Waals surface area contributed by atoms with E-state index in [1.165, 1.54) is 6.08 Å². The Hall–Kier alpha value is -3.16. The van der Waals surface area contributed by atoms with E-state index >= 15 is 0 Å². The summed E-state index contributed by atoms with van der Waals surface area (Å²) in [6.45, 7) is 14.9. The molecular weight excluding hydrogens is 911 g/mol. The van der Waals surface area contributed by atoms with E-state index in [2.05, 4.69) is 38.7 Å². The number of hydrogen-bond donors (Lipinski definition) is 10. The van der Waals surface area contributed by atoms with Gasteiger partial charge in [0.2, 0.25) is 0 Å². The number of rotatable bonds is 0. The molecule has 71 heavy (non-hydrogen) atoms. The smallest absolute Gasteiger partial charge is 0.309 e. The van der Waals surface area contributed by atoms with Crippen molar-refractivity contribution in [1.29, 1.82) is 0 Å². The highest BCUT2D eigenvalue weighted by molar-refractivity contribution is 5.92. The molecule has 5 aliphatic heterocycles. The summed E-state index contributed by atoms with van der Waals surface area (Å²) < 4.78 is 18.3. The van der Waals surface area contributed by atoms with Crippen LogP contribution in [-0.4, -0.2) is 161 Å². The zero-order valence-corrected chi connectivity index (χ0v) is 42.6. The predicted molar refractivity (Wildman–Crippen MR) is 270 cm³/mol. The first-order valence-corrected chi connectivity index (χ1v) is 26.2. The molecule has 0 unspecified atom stereocenters. The number of aliphatic imine (C=N–C) groups is 1. The van der Waals surface area contributed by atoms with Crippen LogP contribution in [0.15, 0.2) is 88.0 Å². The molecule has 0 aromatic carbocycles. The Morgan fingerprint density at radius 3 is 2.24 bits per heavy atom. The third kappa shape index (κ3) is 15.0. The number of nitrogens with zero attached hydrogens (tertiary/aromatic N) is 1. The molecular formula is C56H85NO14. The van der Waals surface area contributed by atoms with Crippen molar-refractivity contribution in [3.05, 3.63) is 83.1 Å². The van der Waals surface area contributed by atoms with Crippen LogP contribution >= 0.6 is 0 Å². The molecule has 0 spiro atoms. The number of esters is 1. The second kappa shape index (κ2) is 25.9. The summed E-state index contributed by atoms with van der Waals surface area (Å²) in [6, 6.07) is 0. The Labute approximate surface area is 420 Å². The Bertz CT molecular complexity index is 2030. The standard InChI is InChI=1S/C56H85NO14/c1-31-11-9-13-49-56(6)37(20-21-57-49)25-36-26-39(59)28-43(61)42(60)12-8-7-10-32(2)23-45(63)55-54(68)53(67)48(71-55)30-50(64)69-40(22-33(3)14-16-34(4)41(56)27-36)24-35(5)51(65)47-29-44(62)52(66)46(70-47)19-18-38(58)17-15-31/h8,11-12,15-17,24,27,33,37-48,51-55,58-63,65-68H,2,7,9-10,13-14,18-23,25-26,28-30H2,1,3-6H3/b12-8+,17-15+,31-11+,34-16?,35-24+/t33-,37-,38-,39-,40+,41-,42-,43-,44-,45+,46-,47+,48+,51-,52+,53+,54+,55+,56-/m1/s1. The van der Waals surface area contributed by atoms with Gasteiger partial charge in [-0.2, -0.15) is 0 Å². The molecule has 2 fully saturated rings. The summed E-state index contributed by atoms with van der Waals surface area (Å²) >= 11 is 0. The molecule has 2 saturated heterocycles. The van der Waals surface area contributed by atoms with Gasteiger partial charge in [0.05, 0.1) is 61.4 Å². The van der Waals surface area contributed by atoms with Crippen LogP contribution in [0.3, 0.4) is 0 Å². The molecule has 15 nitrogen and oxygen atoms in total.